The Morgan fingerprint density at radius 2 is 2.00 bits per heavy atom. The topological polar surface area (TPSA) is 66.3 Å². The van der Waals surface area contributed by atoms with Crippen molar-refractivity contribution in [2.24, 2.45) is 9.98 Å². The molecule has 1 heterocycles. The van der Waals surface area contributed by atoms with Crippen LogP contribution in [0.1, 0.15) is 53.4 Å². The van der Waals surface area contributed by atoms with E-state index in [1.54, 1.807) is 7.05 Å². The Morgan fingerprint density at radius 1 is 1.36 bits per heavy atom. The Bertz CT molecular complexity index is 405. The quantitative estimate of drug-likeness (QED) is 0.644. The third-order valence-electron chi connectivity index (χ3n) is 3.32. The highest BCUT2D eigenvalue weighted by Gasteiger charge is 2.24. The normalized spacial score (nSPS) is 17.9. The van der Waals surface area contributed by atoms with Gasteiger partial charge in [-0.1, -0.05) is 13.3 Å². The third-order valence-corrected chi connectivity index (χ3v) is 3.32. The SMILES string of the molecule is CCCC=NC(=NC)N1CCC(NC(=O)OC(C)(C)C)CC1. The van der Waals surface area contributed by atoms with Crippen LogP contribution in [-0.4, -0.2) is 54.9 Å². The highest BCUT2D eigenvalue weighted by Crippen LogP contribution is 2.13. The highest BCUT2D eigenvalue weighted by atomic mass is 16.6. The van der Waals surface area contributed by atoms with E-state index < -0.39 is 5.60 Å². The van der Waals surface area contributed by atoms with Crippen LogP contribution in [0.15, 0.2) is 9.98 Å². The van der Waals surface area contributed by atoms with Gasteiger partial charge in [0.05, 0.1) is 0 Å². The molecule has 1 amide bonds. The Balaban J connectivity index is 2.41. The van der Waals surface area contributed by atoms with Crippen LogP contribution in [-0.2, 0) is 4.74 Å². The van der Waals surface area contributed by atoms with Crippen molar-refractivity contribution < 1.29 is 9.53 Å². The molecule has 0 aliphatic carbocycles. The van der Waals surface area contributed by atoms with Crippen LogP contribution in [0.2, 0.25) is 0 Å². The Kier molecular flexibility index (Phi) is 7.35. The number of carbonyl (C=O) groups excluding carboxylic acids is 1. The molecule has 0 aromatic rings. The van der Waals surface area contributed by atoms with E-state index in [0.717, 1.165) is 44.7 Å². The van der Waals surface area contributed by atoms with Crippen molar-refractivity contribution in [3.05, 3.63) is 0 Å². The molecule has 6 heteroatoms. The van der Waals surface area contributed by atoms with Crippen LogP contribution in [0.5, 0.6) is 0 Å². The van der Waals surface area contributed by atoms with Crippen molar-refractivity contribution in [1.82, 2.24) is 10.2 Å². The molecule has 0 aromatic carbocycles. The summed E-state index contributed by atoms with van der Waals surface area (Å²) < 4.78 is 5.29. The van der Waals surface area contributed by atoms with Crippen LogP contribution in [0.25, 0.3) is 0 Å². The van der Waals surface area contributed by atoms with Crippen molar-refractivity contribution in [2.45, 2.75) is 65.0 Å². The second-order valence-corrected chi connectivity index (χ2v) is 6.53. The van der Waals surface area contributed by atoms with Gasteiger partial charge in [0.1, 0.15) is 5.60 Å². The largest absolute Gasteiger partial charge is 0.444 e. The molecule has 0 bridgehead atoms. The lowest BCUT2D eigenvalue weighted by atomic mass is 10.1. The molecule has 0 atom stereocenters. The van der Waals surface area contributed by atoms with Crippen LogP contribution in [0.3, 0.4) is 0 Å². The summed E-state index contributed by atoms with van der Waals surface area (Å²) in [6, 6.07) is 0.156. The number of piperidine rings is 1. The number of rotatable bonds is 3. The van der Waals surface area contributed by atoms with E-state index in [0.29, 0.717) is 0 Å². The van der Waals surface area contributed by atoms with E-state index in [1.165, 1.54) is 0 Å². The highest BCUT2D eigenvalue weighted by molar-refractivity contribution is 5.87. The Morgan fingerprint density at radius 3 is 2.50 bits per heavy atom. The molecule has 1 aliphatic rings. The average Bonchev–Trinajstić information content (AvgIpc) is 2.43. The minimum atomic E-state index is -0.458. The van der Waals surface area contributed by atoms with Gasteiger partial charge in [-0.3, -0.25) is 4.99 Å². The number of guanidine groups is 1. The maximum atomic E-state index is 11.8. The lowest BCUT2D eigenvalue weighted by molar-refractivity contribution is 0.0488. The molecule has 0 spiro atoms. The van der Waals surface area contributed by atoms with Gasteiger partial charge in [-0.2, -0.15) is 0 Å². The zero-order valence-electron chi connectivity index (χ0n) is 14.6. The van der Waals surface area contributed by atoms with E-state index in [2.05, 4.69) is 27.1 Å². The molecule has 0 unspecified atom stereocenters. The Hall–Kier alpha value is -1.59. The number of nitrogens with zero attached hydrogens (tertiary/aromatic N) is 3. The molecule has 6 nitrogen and oxygen atoms in total. The van der Waals surface area contributed by atoms with E-state index in [1.807, 2.05) is 27.0 Å². The van der Waals surface area contributed by atoms with Gasteiger partial charge in [0, 0.05) is 32.4 Å². The molecular weight excluding hydrogens is 280 g/mol. The molecule has 1 N–H and O–H groups in total. The second kappa shape index (κ2) is 8.76. The standard InChI is InChI=1S/C16H30N4O2/c1-6-7-10-18-14(17-5)20-11-8-13(9-12-20)19-15(21)22-16(2,3)4/h10,13H,6-9,11-12H2,1-5H3,(H,19,21). The number of amides is 1. The van der Waals surface area contributed by atoms with Gasteiger partial charge in [-0.05, 0) is 40.0 Å². The van der Waals surface area contributed by atoms with Crippen molar-refractivity contribution in [2.75, 3.05) is 20.1 Å². The summed E-state index contributed by atoms with van der Waals surface area (Å²) >= 11 is 0. The van der Waals surface area contributed by atoms with Crippen LogP contribution in [0.4, 0.5) is 4.79 Å². The van der Waals surface area contributed by atoms with E-state index in [-0.39, 0.29) is 12.1 Å². The van der Waals surface area contributed by atoms with Gasteiger partial charge >= 0.3 is 6.09 Å². The molecule has 1 fully saturated rings. The minimum absolute atomic E-state index is 0.156. The summed E-state index contributed by atoms with van der Waals surface area (Å²) in [5.74, 6) is 0.782. The fourth-order valence-corrected chi connectivity index (χ4v) is 2.25. The van der Waals surface area contributed by atoms with Crippen molar-refractivity contribution >= 4 is 18.3 Å². The summed E-state index contributed by atoms with van der Waals surface area (Å²) in [5, 5.41) is 2.94. The summed E-state index contributed by atoms with van der Waals surface area (Å²) in [6.45, 7) is 9.42. The van der Waals surface area contributed by atoms with Crippen LogP contribution < -0.4 is 5.32 Å². The van der Waals surface area contributed by atoms with Crippen LogP contribution in [0, 0.1) is 0 Å². The number of carbonyl (C=O) groups is 1. The first-order valence-electron chi connectivity index (χ1n) is 8.09. The molecule has 1 rings (SSSR count). The molecule has 0 radical (unpaired) electrons. The molecule has 1 saturated heterocycles. The first-order valence-corrected chi connectivity index (χ1v) is 8.09. The average molecular weight is 310 g/mol. The lowest BCUT2D eigenvalue weighted by Crippen LogP contribution is -2.47. The molecule has 126 valence electrons. The van der Waals surface area contributed by atoms with Crippen molar-refractivity contribution in [3.8, 4) is 0 Å². The van der Waals surface area contributed by atoms with Crippen molar-refractivity contribution in [1.29, 1.82) is 0 Å². The minimum Gasteiger partial charge on any atom is -0.444 e. The smallest absolute Gasteiger partial charge is 0.407 e. The fourth-order valence-electron chi connectivity index (χ4n) is 2.25. The maximum Gasteiger partial charge on any atom is 0.407 e. The molecule has 22 heavy (non-hydrogen) atoms. The number of hydrogen-bond acceptors (Lipinski definition) is 3. The second-order valence-electron chi connectivity index (χ2n) is 6.53. The summed E-state index contributed by atoms with van der Waals surface area (Å²) in [6.07, 6.45) is 5.39. The van der Waals surface area contributed by atoms with Crippen molar-refractivity contribution in [3.63, 3.8) is 0 Å². The van der Waals surface area contributed by atoms with Gasteiger partial charge < -0.3 is 15.0 Å². The van der Waals surface area contributed by atoms with E-state index in [4.69, 9.17) is 4.74 Å². The maximum absolute atomic E-state index is 11.8. The van der Waals surface area contributed by atoms with E-state index in [9.17, 15) is 4.79 Å². The predicted molar refractivity (Wildman–Crippen MR) is 90.7 cm³/mol. The number of alkyl carbamates (subject to hydrolysis) is 1. The summed E-state index contributed by atoms with van der Waals surface area (Å²) in [5.41, 5.74) is -0.458. The summed E-state index contributed by atoms with van der Waals surface area (Å²) in [7, 11) is 1.77. The first-order chi connectivity index (χ1) is 10.4. The number of likely N-dealkylation sites (tertiary alicyclic amines) is 1. The zero-order valence-corrected chi connectivity index (χ0v) is 14.6. The Labute approximate surface area is 134 Å². The number of ether oxygens (including phenoxy) is 1. The molecular formula is C16H30N4O2. The fraction of sp³-hybridized carbons (Fsp3) is 0.812. The zero-order chi connectivity index (χ0) is 16.6. The molecule has 1 aliphatic heterocycles. The molecule has 0 saturated carbocycles. The van der Waals surface area contributed by atoms with Gasteiger partial charge in [-0.25, -0.2) is 9.79 Å². The number of hydrogen-bond donors (Lipinski definition) is 1. The monoisotopic (exact) mass is 310 g/mol. The summed E-state index contributed by atoms with van der Waals surface area (Å²) in [4.78, 5) is 22.6. The van der Waals surface area contributed by atoms with Gasteiger partial charge in [0.25, 0.3) is 0 Å². The number of unbranched alkanes of at least 4 members (excludes halogenated alkanes) is 1. The first kappa shape index (κ1) is 18.5. The van der Waals surface area contributed by atoms with Crippen LogP contribution >= 0.6 is 0 Å². The van der Waals surface area contributed by atoms with Gasteiger partial charge in [-0.15, -0.1) is 0 Å². The number of nitrogens with one attached hydrogen (secondary N) is 1. The van der Waals surface area contributed by atoms with Gasteiger partial charge in [0.15, 0.2) is 0 Å². The lowest BCUT2D eigenvalue weighted by Gasteiger charge is -2.33. The van der Waals surface area contributed by atoms with E-state index >= 15 is 0 Å². The third kappa shape index (κ3) is 6.91. The predicted octanol–water partition coefficient (Wildman–Crippen LogP) is 2.83. The van der Waals surface area contributed by atoms with Gasteiger partial charge in [0.2, 0.25) is 5.96 Å². The molecule has 0 aromatic heterocycles. The number of aliphatic imine (C=N–C) groups is 2.